The van der Waals surface area contributed by atoms with E-state index in [-0.39, 0.29) is 12.0 Å². The van der Waals surface area contributed by atoms with Crippen LogP contribution in [0.1, 0.15) is 22.6 Å². The van der Waals surface area contributed by atoms with Crippen LogP contribution in [-0.2, 0) is 0 Å². The minimum atomic E-state index is -0.104. The fourth-order valence-corrected chi connectivity index (χ4v) is 4.12. The van der Waals surface area contributed by atoms with Gasteiger partial charge in [0.05, 0.1) is 16.8 Å². The van der Waals surface area contributed by atoms with Gasteiger partial charge in [-0.25, -0.2) is 15.0 Å². The van der Waals surface area contributed by atoms with E-state index in [0.717, 1.165) is 29.6 Å². The summed E-state index contributed by atoms with van der Waals surface area (Å²) in [5.74, 6) is 1.16. The van der Waals surface area contributed by atoms with Crippen LogP contribution < -0.4 is 9.64 Å². The third kappa shape index (κ3) is 3.71. The predicted molar refractivity (Wildman–Crippen MR) is 106 cm³/mol. The summed E-state index contributed by atoms with van der Waals surface area (Å²) < 4.78 is 7.13. The normalized spacial score (nSPS) is 17.1. The highest BCUT2D eigenvalue weighted by Gasteiger charge is 2.28. The smallest absolute Gasteiger partial charge is 0.282 e. The summed E-state index contributed by atoms with van der Waals surface area (Å²) in [6.07, 6.45) is 4.93. The number of anilines is 1. The first kappa shape index (κ1) is 17.7. The first-order valence-corrected chi connectivity index (χ1v) is 9.73. The molecule has 0 N–H and O–H groups in total. The summed E-state index contributed by atoms with van der Waals surface area (Å²) in [5, 5.41) is 0.533. The largest absolute Gasteiger partial charge is 0.470 e. The average Bonchev–Trinajstić information content (AvgIpc) is 3.12. The first-order chi connectivity index (χ1) is 13.1. The Bertz CT molecular complexity index is 925. The first-order valence-electron chi connectivity index (χ1n) is 8.91. The van der Waals surface area contributed by atoms with Gasteiger partial charge in [-0.1, -0.05) is 12.1 Å². The van der Waals surface area contributed by atoms with Crippen LogP contribution in [0.25, 0.3) is 10.2 Å². The number of rotatable bonds is 4. The van der Waals surface area contributed by atoms with E-state index >= 15 is 0 Å². The minimum Gasteiger partial charge on any atom is -0.470 e. The molecule has 8 heteroatoms. The van der Waals surface area contributed by atoms with E-state index in [9.17, 15) is 4.79 Å². The Labute approximate surface area is 161 Å². The molecule has 0 saturated carbocycles. The van der Waals surface area contributed by atoms with E-state index < -0.39 is 0 Å². The molecule has 27 heavy (non-hydrogen) atoms. The number of fused-ring (bicyclic) bond motifs is 1. The molecule has 1 atom stereocenters. The third-order valence-electron chi connectivity index (χ3n) is 4.49. The maximum atomic E-state index is 12.9. The molecule has 0 aliphatic carbocycles. The number of hydrogen-bond acceptors (Lipinski definition) is 7. The van der Waals surface area contributed by atoms with Crippen LogP contribution in [0.2, 0.25) is 0 Å². The molecule has 1 unspecified atom stereocenters. The number of benzene rings is 1. The number of para-hydroxylation sites is 1. The van der Waals surface area contributed by atoms with Crippen molar-refractivity contribution in [3.05, 3.63) is 41.7 Å². The molecule has 1 saturated heterocycles. The van der Waals surface area contributed by atoms with Crippen LogP contribution in [-0.4, -0.2) is 59.0 Å². The van der Waals surface area contributed by atoms with Crippen molar-refractivity contribution >= 4 is 33.3 Å². The van der Waals surface area contributed by atoms with Crippen LogP contribution in [0.15, 0.2) is 36.7 Å². The number of amides is 1. The van der Waals surface area contributed by atoms with Gasteiger partial charge in [0.15, 0.2) is 10.8 Å². The van der Waals surface area contributed by atoms with Crippen LogP contribution in [0.3, 0.4) is 0 Å². The number of likely N-dealkylation sites (tertiary alicyclic amines) is 1. The molecule has 0 bridgehead atoms. The highest BCUT2D eigenvalue weighted by molar-refractivity contribution is 7.20. The van der Waals surface area contributed by atoms with Crippen molar-refractivity contribution in [2.24, 2.45) is 0 Å². The summed E-state index contributed by atoms with van der Waals surface area (Å²) in [6, 6.07) is 7.82. The lowest BCUT2D eigenvalue weighted by Gasteiger charge is -2.32. The summed E-state index contributed by atoms with van der Waals surface area (Å²) in [6.45, 7) is 1.24. The molecule has 1 fully saturated rings. The Morgan fingerprint density at radius 1 is 1.26 bits per heavy atom. The summed E-state index contributed by atoms with van der Waals surface area (Å²) >= 11 is 1.44. The molecule has 1 aromatic carbocycles. The molecule has 0 radical (unpaired) electrons. The van der Waals surface area contributed by atoms with E-state index in [2.05, 4.69) is 15.0 Å². The number of nitrogens with zero attached hydrogens (tertiary/aromatic N) is 5. The monoisotopic (exact) mass is 383 g/mol. The second-order valence-corrected chi connectivity index (χ2v) is 7.73. The standard InChI is InChI=1S/C19H21N5O2S/c1-23(2)16-17(21-10-9-20-16)26-13-6-5-11-24(12-13)19(25)18-22-14-7-3-4-8-15(14)27-18/h3-4,7-10,13H,5-6,11-12H2,1-2H3. The second-order valence-electron chi connectivity index (χ2n) is 6.70. The second kappa shape index (κ2) is 7.48. The van der Waals surface area contributed by atoms with E-state index in [1.54, 1.807) is 12.4 Å². The van der Waals surface area contributed by atoms with Crippen molar-refractivity contribution in [3.63, 3.8) is 0 Å². The average molecular weight is 383 g/mol. The fraction of sp³-hybridized carbons (Fsp3) is 0.368. The highest BCUT2D eigenvalue weighted by Crippen LogP contribution is 2.26. The molecule has 140 valence electrons. The summed E-state index contributed by atoms with van der Waals surface area (Å²) in [7, 11) is 3.81. The number of thiazole rings is 1. The van der Waals surface area contributed by atoms with Crippen molar-refractivity contribution in [3.8, 4) is 5.88 Å². The Balaban J connectivity index is 1.49. The maximum absolute atomic E-state index is 12.9. The van der Waals surface area contributed by atoms with E-state index in [1.165, 1.54) is 11.3 Å². The van der Waals surface area contributed by atoms with Gasteiger partial charge >= 0.3 is 0 Å². The SMILES string of the molecule is CN(C)c1nccnc1OC1CCCN(C(=O)c2nc3ccccc3s2)C1. The van der Waals surface area contributed by atoms with Gasteiger partial charge in [-0.3, -0.25) is 4.79 Å². The number of aromatic nitrogens is 3. The summed E-state index contributed by atoms with van der Waals surface area (Å²) in [5.41, 5.74) is 0.867. The van der Waals surface area contributed by atoms with Crippen molar-refractivity contribution in [2.75, 3.05) is 32.1 Å². The molecular formula is C19H21N5O2S. The number of carbonyl (C=O) groups is 1. The molecule has 2 aromatic heterocycles. The van der Waals surface area contributed by atoms with Gasteiger partial charge in [-0.15, -0.1) is 11.3 Å². The van der Waals surface area contributed by atoms with Crippen molar-refractivity contribution in [1.29, 1.82) is 0 Å². The van der Waals surface area contributed by atoms with Crippen molar-refractivity contribution in [2.45, 2.75) is 18.9 Å². The molecule has 1 aliphatic rings. The molecule has 0 spiro atoms. The van der Waals surface area contributed by atoms with Gasteiger partial charge in [0.25, 0.3) is 11.8 Å². The zero-order valence-corrected chi connectivity index (χ0v) is 16.1. The van der Waals surface area contributed by atoms with Gasteiger partial charge in [-0.05, 0) is 25.0 Å². The maximum Gasteiger partial charge on any atom is 0.282 e. The van der Waals surface area contributed by atoms with Crippen LogP contribution in [0.5, 0.6) is 5.88 Å². The molecule has 3 aromatic rings. The van der Waals surface area contributed by atoms with E-state index in [4.69, 9.17) is 4.74 Å². The van der Waals surface area contributed by atoms with Gasteiger partial charge in [-0.2, -0.15) is 0 Å². The van der Waals surface area contributed by atoms with E-state index in [1.807, 2.05) is 48.2 Å². The lowest BCUT2D eigenvalue weighted by Crippen LogP contribution is -2.44. The molecule has 4 rings (SSSR count). The predicted octanol–water partition coefficient (Wildman–Crippen LogP) is 2.84. The van der Waals surface area contributed by atoms with Crippen molar-refractivity contribution < 1.29 is 9.53 Å². The number of ether oxygens (including phenoxy) is 1. The van der Waals surface area contributed by atoms with Crippen LogP contribution in [0, 0.1) is 0 Å². The Kier molecular flexibility index (Phi) is 4.89. The zero-order chi connectivity index (χ0) is 18.8. The van der Waals surface area contributed by atoms with Gasteiger partial charge in [0.2, 0.25) is 0 Å². The topological polar surface area (TPSA) is 71.5 Å². The lowest BCUT2D eigenvalue weighted by molar-refractivity contribution is 0.0528. The van der Waals surface area contributed by atoms with Gasteiger partial charge in [0.1, 0.15) is 6.10 Å². The molecule has 1 amide bonds. The van der Waals surface area contributed by atoms with Gasteiger partial charge in [0, 0.05) is 33.0 Å². The van der Waals surface area contributed by atoms with Crippen LogP contribution >= 0.6 is 11.3 Å². The quantitative estimate of drug-likeness (QED) is 0.690. The van der Waals surface area contributed by atoms with Gasteiger partial charge < -0.3 is 14.5 Å². The minimum absolute atomic E-state index is 0.0310. The van der Waals surface area contributed by atoms with Crippen LogP contribution in [0.4, 0.5) is 5.82 Å². The molecular weight excluding hydrogens is 362 g/mol. The van der Waals surface area contributed by atoms with E-state index in [0.29, 0.717) is 23.3 Å². The number of hydrogen-bond donors (Lipinski definition) is 0. The molecule has 7 nitrogen and oxygen atoms in total. The Morgan fingerprint density at radius 3 is 2.89 bits per heavy atom. The highest BCUT2D eigenvalue weighted by atomic mass is 32.1. The van der Waals surface area contributed by atoms with Crippen molar-refractivity contribution in [1.82, 2.24) is 19.9 Å². The number of carbonyl (C=O) groups excluding carboxylic acids is 1. The zero-order valence-electron chi connectivity index (χ0n) is 15.3. The Hall–Kier alpha value is -2.74. The molecule has 1 aliphatic heterocycles. The molecule has 3 heterocycles. The lowest BCUT2D eigenvalue weighted by atomic mass is 10.1. The summed E-state index contributed by atoms with van der Waals surface area (Å²) in [4.78, 5) is 29.7. The Morgan fingerprint density at radius 2 is 2.07 bits per heavy atom. The third-order valence-corrected chi connectivity index (χ3v) is 5.52. The number of piperidine rings is 1. The fourth-order valence-electron chi connectivity index (χ4n) is 3.18.